The minimum Gasteiger partial charge on any atom is -0.282 e. The second kappa shape index (κ2) is 19.2. The van der Waals surface area contributed by atoms with Crippen LogP contribution in [0.3, 0.4) is 0 Å². The van der Waals surface area contributed by atoms with E-state index in [2.05, 4.69) is 0 Å². The first-order valence-electron chi connectivity index (χ1n) is 14.9. The van der Waals surface area contributed by atoms with Crippen molar-refractivity contribution in [3.8, 4) is 0 Å². The van der Waals surface area contributed by atoms with Gasteiger partial charge in [-0.2, -0.15) is 92.2 Å². The topological polar surface area (TPSA) is 128 Å². The summed E-state index contributed by atoms with van der Waals surface area (Å²) in [6.45, 7) is 11.7. The Hall–Kier alpha value is -2.22. The first-order valence-corrected chi connectivity index (χ1v) is 14.9. The zero-order chi connectivity index (χ0) is 47.6. The summed E-state index contributed by atoms with van der Waals surface area (Å²) in [6.07, 6.45) is -24.0. The molecular weight excluding hydrogens is 1030 g/mol. The van der Waals surface area contributed by atoms with Crippen molar-refractivity contribution in [2.24, 2.45) is 16.2 Å². The fourth-order valence-corrected chi connectivity index (χ4v) is 2.68. The van der Waals surface area contributed by atoms with E-state index < -0.39 is 124 Å². The Morgan fingerprint density at radius 3 is 0.483 bits per heavy atom. The third kappa shape index (κ3) is 15.0. The molecule has 0 aliphatic heterocycles. The Bertz CT molecular complexity index is 1310. The molecular formula is C30H39F21LuO6+6. The average molecular weight is 1070 g/mol. The predicted octanol–water partition coefficient (Wildman–Crippen LogP) is 10.0. The number of halogens is 21. The second-order valence-corrected chi connectivity index (χ2v) is 14.9. The summed E-state index contributed by atoms with van der Waals surface area (Å²) in [7, 11) is 0. The molecule has 0 saturated carbocycles. The summed E-state index contributed by atoms with van der Waals surface area (Å²) in [5.41, 5.74) is -3.47. The van der Waals surface area contributed by atoms with Crippen molar-refractivity contribution in [2.75, 3.05) is 0 Å². The predicted molar refractivity (Wildman–Crippen MR) is 162 cm³/mol. The molecule has 0 rings (SSSR count). The smallest absolute Gasteiger partial charge is 0.282 e. The van der Waals surface area contributed by atoms with E-state index in [0.29, 0.717) is 0 Å². The van der Waals surface area contributed by atoms with Crippen LogP contribution >= 0.6 is 0 Å². The standard InChI is InChI=1S/3C10H11F7O2.Lu/c3*1-7(2,3)5(18)4-6(19)8(11,12)9(13,14)10(15,16)17;/h3*4H2,1-3H3;/p+6. The second-order valence-electron chi connectivity index (χ2n) is 14.9. The Balaban J connectivity index is -0.000000374. The third-order valence-electron chi connectivity index (χ3n) is 6.94. The third-order valence-corrected chi connectivity index (χ3v) is 6.94. The molecule has 0 aromatic rings. The molecule has 6 N–H and O–H groups in total. The van der Waals surface area contributed by atoms with Crippen LogP contribution in [0.25, 0.3) is 0 Å². The SMILES string of the molecule is CC(C)(C)C(=[OH+])CC(=[OH+])C(F)(F)C(F)(F)C(F)(F)F.CC(C)(C)C(=[OH+])CC(=[OH+])C(F)(F)C(F)(F)C(F)(F)F.CC(C)(C)C(=[OH+])CC(=[OH+])C(F)(F)C(F)(F)C(F)(F)F.[Lu]. The molecule has 28 heteroatoms. The van der Waals surface area contributed by atoms with Crippen LogP contribution in [-0.2, 0) is 0 Å². The molecule has 0 aromatic carbocycles. The van der Waals surface area contributed by atoms with E-state index >= 15 is 0 Å². The van der Waals surface area contributed by atoms with Gasteiger partial charge in [0, 0.05) is 36.9 Å². The Morgan fingerprint density at radius 2 is 0.397 bits per heavy atom. The van der Waals surface area contributed by atoms with E-state index in [1.165, 1.54) is 62.3 Å². The number of ketones is 6. The number of carbonyl (C=O) groups excluding carboxylic acids is 6. The van der Waals surface area contributed by atoms with Crippen LogP contribution in [-0.4, -0.2) is 118 Å². The maximum Gasteiger partial charge on any atom is 0.460 e. The van der Waals surface area contributed by atoms with Gasteiger partial charge in [-0.05, 0) is 62.3 Å². The molecule has 0 atom stereocenters. The van der Waals surface area contributed by atoms with E-state index in [-0.39, 0.29) is 36.9 Å². The Morgan fingerprint density at radius 1 is 0.276 bits per heavy atom. The summed E-state index contributed by atoms with van der Waals surface area (Å²) >= 11 is 0. The monoisotopic (exact) mass is 1070 g/mol. The van der Waals surface area contributed by atoms with Gasteiger partial charge < -0.3 is 0 Å². The van der Waals surface area contributed by atoms with E-state index in [1.807, 2.05) is 0 Å². The van der Waals surface area contributed by atoms with Crippen molar-refractivity contribution in [3.05, 3.63) is 0 Å². The van der Waals surface area contributed by atoms with Crippen LogP contribution in [0.1, 0.15) is 81.6 Å². The van der Waals surface area contributed by atoms with Gasteiger partial charge in [0.2, 0.25) is 0 Å². The maximum absolute atomic E-state index is 13.0. The fourth-order valence-electron chi connectivity index (χ4n) is 2.68. The minimum absolute atomic E-state index is 0. The normalized spacial score (nSPS) is 14.2. The van der Waals surface area contributed by atoms with Crippen molar-refractivity contribution in [3.63, 3.8) is 0 Å². The summed E-state index contributed by atoms with van der Waals surface area (Å²) < 4.78 is 260. The summed E-state index contributed by atoms with van der Waals surface area (Å²) in [5.74, 6) is -46.6. The molecule has 0 saturated heterocycles. The van der Waals surface area contributed by atoms with E-state index in [9.17, 15) is 107 Å². The minimum atomic E-state index is -6.53. The average Bonchev–Trinajstić information content (AvgIpc) is 2.93. The van der Waals surface area contributed by atoms with E-state index in [0.717, 1.165) is 0 Å². The zero-order valence-electron chi connectivity index (χ0n) is 31.0. The molecule has 0 fully saturated rings. The van der Waals surface area contributed by atoms with Crippen LogP contribution in [0.2, 0.25) is 0 Å². The molecule has 1 radical (unpaired) electrons. The maximum atomic E-state index is 13.0. The molecule has 0 aliphatic rings. The van der Waals surface area contributed by atoms with Gasteiger partial charge in [0.05, 0.1) is 16.2 Å². The van der Waals surface area contributed by atoms with Gasteiger partial charge in [-0.15, -0.1) is 0 Å². The van der Waals surface area contributed by atoms with Crippen LogP contribution < -0.4 is 0 Å². The van der Waals surface area contributed by atoms with Crippen molar-refractivity contribution in [2.45, 2.75) is 136 Å². The van der Waals surface area contributed by atoms with Gasteiger partial charge in [-0.3, -0.25) is 28.8 Å². The van der Waals surface area contributed by atoms with Gasteiger partial charge >= 0.3 is 88.8 Å². The summed E-state index contributed by atoms with van der Waals surface area (Å²) in [6, 6.07) is 0. The van der Waals surface area contributed by atoms with Crippen LogP contribution in [0.5, 0.6) is 0 Å². The van der Waals surface area contributed by atoms with Gasteiger partial charge in [0.1, 0.15) is 0 Å². The summed E-state index contributed by atoms with van der Waals surface area (Å²) in [4.78, 5) is 54.2. The molecule has 58 heavy (non-hydrogen) atoms. The Labute approximate surface area is 343 Å². The van der Waals surface area contributed by atoms with Crippen LogP contribution in [0.15, 0.2) is 0 Å². The van der Waals surface area contributed by atoms with E-state index in [1.54, 1.807) is 0 Å². The molecule has 0 spiro atoms. The molecule has 6 nitrogen and oxygen atoms in total. The number of rotatable bonds is 12. The Kier molecular flexibility index (Phi) is 20.7. The van der Waals surface area contributed by atoms with Crippen molar-refractivity contribution >= 4 is 34.7 Å². The molecule has 0 heterocycles. The molecule has 0 unspecified atom stereocenters. The molecule has 351 valence electrons. The fraction of sp³-hybridized carbons (Fsp3) is 0.800. The van der Waals surface area contributed by atoms with Crippen LogP contribution in [0.4, 0.5) is 92.2 Å². The molecule has 0 aromatic heterocycles. The summed E-state index contributed by atoms with van der Waals surface area (Å²) in [5, 5.41) is 0. The van der Waals surface area contributed by atoms with Crippen molar-refractivity contribution < 1.29 is 158 Å². The van der Waals surface area contributed by atoms with E-state index in [4.69, 9.17) is 14.4 Å². The first kappa shape index (κ1) is 62.4. The van der Waals surface area contributed by atoms with Crippen LogP contribution in [0, 0.1) is 53.1 Å². The van der Waals surface area contributed by atoms with Gasteiger partial charge in [0.25, 0.3) is 0 Å². The van der Waals surface area contributed by atoms with Crippen molar-refractivity contribution in [1.29, 1.82) is 0 Å². The quantitative estimate of drug-likeness (QED) is 0.105. The number of hydrogen-bond acceptors (Lipinski definition) is 0. The van der Waals surface area contributed by atoms with Gasteiger partial charge in [0.15, 0.2) is 19.3 Å². The zero-order valence-corrected chi connectivity index (χ0v) is 32.7. The number of alkyl halides is 21. The number of hydrogen-bond donors (Lipinski definition) is 0. The van der Waals surface area contributed by atoms with Gasteiger partial charge in [-0.1, -0.05) is 0 Å². The molecule has 0 bridgehead atoms. The van der Waals surface area contributed by atoms with Gasteiger partial charge in [-0.25, -0.2) is 0 Å². The largest absolute Gasteiger partial charge is 0.460 e. The van der Waals surface area contributed by atoms with Crippen molar-refractivity contribution in [1.82, 2.24) is 0 Å². The molecule has 0 aliphatic carbocycles. The molecule has 0 amide bonds. The first-order chi connectivity index (χ1) is 24.1.